The van der Waals surface area contributed by atoms with Gasteiger partial charge < -0.3 is 26.8 Å². The van der Waals surface area contributed by atoms with Crippen LogP contribution in [0.25, 0.3) is 5.69 Å². The first-order valence-electron chi connectivity index (χ1n) is 10.6. The Morgan fingerprint density at radius 3 is 2.62 bits per heavy atom. The highest BCUT2D eigenvalue weighted by atomic mass is 19.1. The number of amides is 2. The summed E-state index contributed by atoms with van der Waals surface area (Å²) in [7, 11) is 0. The van der Waals surface area contributed by atoms with Crippen molar-refractivity contribution >= 4 is 29.3 Å². The molecule has 0 aromatic carbocycles. The number of pyridine rings is 2. The van der Waals surface area contributed by atoms with E-state index in [1.54, 1.807) is 32.3 Å². The molecular weight excluding hydrogens is 445 g/mol. The van der Waals surface area contributed by atoms with Crippen molar-refractivity contribution in [2.24, 2.45) is 11.7 Å². The van der Waals surface area contributed by atoms with Gasteiger partial charge in [-0.1, -0.05) is 0 Å². The lowest BCUT2D eigenvalue weighted by molar-refractivity contribution is 0.1000. The third-order valence-electron chi connectivity index (χ3n) is 5.39. The topological polar surface area (TPSA) is 173 Å². The van der Waals surface area contributed by atoms with E-state index in [4.69, 9.17) is 10.8 Å². The molecule has 2 amide bonds. The monoisotopic (exact) mass is 469 g/mol. The summed E-state index contributed by atoms with van der Waals surface area (Å²) in [5.74, 6) is -1.59. The molecule has 12 nitrogen and oxygen atoms in total. The number of nitrogens with two attached hydrogens (primary N) is 1. The number of hydrogen-bond donors (Lipinski definition) is 5. The van der Waals surface area contributed by atoms with E-state index in [0.717, 1.165) is 24.6 Å². The number of aromatic nitrogens is 5. The van der Waals surface area contributed by atoms with Crippen LogP contribution < -0.4 is 21.7 Å². The summed E-state index contributed by atoms with van der Waals surface area (Å²) in [6, 6.07) is 1.80. The van der Waals surface area contributed by atoms with Crippen molar-refractivity contribution in [2.45, 2.75) is 38.8 Å². The summed E-state index contributed by atoms with van der Waals surface area (Å²) in [5, 5.41) is 25.8. The summed E-state index contributed by atoms with van der Waals surface area (Å²) in [6.45, 7) is 3.50. The zero-order valence-electron chi connectivity index (χ0n) is 18.5. The highest BCUT2D eigenvalue weighted by Gasteiger charge is 2.36. The Morgan fingerprint density at radius 2 is 2.00 bits per heavy atom. The minimum Gasteiger partial charge on any atom is -0.465 e. The molecule has 1 fully saturated rings. The molecule has 1 aliphatic rings. The van der Waals surface area contributed by atoms with Crippen LogP contribution in [0.1, 0.15) is 35.8 Å². The Bertz CT molecular complexity index is 1230. The van der Waals surface area contributed by atoms with Gasteiger partial charge in [0.05, 0.1) is 41.6 Å². The second-order valence-corrected chi connectivity index (χ2v) is 8.16. The number of aryl methyl sites for hydroxylation is 1. The van der Waals surface area contributed by atoms with Crippen LogP contribution >= 0.6 is 0 Å². The maximum atomic E-state index is 14.9. The number of halogens is 1. The highest BCUT2D eigenvalue weighted by molar-refractivity contribution is 5.98. The Labute approximate surface area is 193 Å². The maximum absolute atomic E-state index is 14.9. The molecular formula is C21H24FN9O3. The molecule has 0 unspecified atom stereocenters. The third kappa shape index (κ3) is 5.19. The fraction of sp³-hybridized carbons (Fsp3) is 0.333. The van der Waals surface area contributed by atoms with Crippen LogP contribution in [0.2, 0.25) is 0 Å². The number of rotatable bonds is 9. The first-order valence-corrected chi connectivity index (χ1v) is 10.6. The molecule has 3 aromatic heterocycles. The molecule has 178 valence electrons. The standard InChI is InChI=1S/C21H24FN9O3/c1-10-7-25-31(30-10)14-5-13(8-24-9-14)27-19-15(18(23)32)6-16(22)20(29-19)28-17(12-3-4-12)11(2)26-21(33)34/h5-9,11-12,17,26H,3-4H2,1-2H3,(H2,23,32)(H,33,34)(H2,27,28,29)/t11-,17+/m0/s1. The van der Waals surface area contributed by atoms with Crippen LogP contribution in [0.4, 0.5) is 26.5 Å². The molecule has 0 radical (unpaired) electrons. The van der Waals surface area contributed by atoms with E-state index < -0.39 is 23.9 Å². The number of nitrogens with one attached hydrogen (secondary N) is 3. The molecule has 6 N–H and O–H groups in total. The molecule has 1 saturated carbocycles. The van der Waals surface area contributed by atoms with Crippen LogP contribution in [0, 0.1) is 18.7 Å². The largest absolute Gasteiger partial charge is 0.465 e. The molecule has 34 heavy (non-hydrogen) atoms. The molecule has 3 heterocycles. The lowest BCUT2D eigenvalue weighted by atomic mass is 10.0. The fourth-order valence-electron chi connectivity index (χ4n) is 3.63. The smallest absolute Gasteiger partial charge is 0.404 e. The van der Waals surface area contributed by atoms with Gasteiger partial charge in [-0.05, 0) is 44.7 Å². The summed E-state index contributed by atoms with van der Waals surface area (Å²) < 4.78 is 14.9. The van der Waals surface area contributed by atoms with Crippen LogP contribution in [-0.2, 0) is 0 Å². The van der Waals surface area contributed by atoms with Crippen molar-refractivity contribution in [3.05, 3.63) is 47.8 Å². The van der Waals surface area contributed by atoms with Gasteiger partial charge in [-0.3, -0.25) is 9.78 Å². The summed E-state index contributed by atoms with van der Waals surface area (Å²) in [6.07, 6.45) is 5.25. The van der Waals surface area contributed by atoms with E-state index in [-0.39, 0.29) is 29.2 Å². The minimum atomic E-state index is -1.17. The Morgan fingerprint density at radius 1 is 1.24 bits per heavy atom. The molecule has 13 heteroatoms. The van der Waals surface area contributed by atoms with Gasteiger partial charge in [-0.15, -0.1) is 4.80 Å². The van der Waals surface area contributed by atoms with E-state index in [2.05, 4.69) is 36.1 Å². The Kier molecular flexibility index (Phi) is 6.25. The fourth-order valence-corrected chi connectivity index (χ4v) is 3.63. The minimum absolute atomic E-state index is 0.0216. The number of hydrogen-bond acceptors (Lipinski definition) is 8. The quantitative estimate of drug-likeness (QED) is 0.315. The summed E-state index contributed by atoms with van der Waals surface area (Å²) in [5.41, 5.74) is 7.03. The SMILES string of the molecule is Cc1cnn(-c2cncc(Nc3nc(N[C@@H](C4CC4)[C@H](C)NC(=O)O)c(F)cc3C(N)=O)c2)n1. The third-order valence-corrected chi connectivity index (χ3v) is 5.39. The van der Waals surface area contributed by atoms with Crippen LogP contribution in [0.5, 0.6) is 0 Å². The predicted octanol–water partition coefficient (Wildman–Crippen LogP) is 2.19. The number of carbonyl (C=O) groups excluding carboxylic acids is 1. The molecule has 0 saturated heterocycles. The van der Waals surface area contributed by atoms with Gasteiger partial charge in [-0.25, -0.2) is 14.2 Å². The number of carbonyl (C=O) groups is 2. The van der Waals surface area contributed by atoms with Gasteiger partial charge in [0.2, 0.25) is 0 Å². The Hall–Kier alpha value is -4.29. The molecule has 3 aromatic rings. The number of primary amides is 1. The second kappa shape index (κ2) is 9.29. The Balaban J connectivity index is 1.64. The molecule has 0 bridgehead atoms. The van der Waals surface area contributed by atoms with Gasteiger partial charge in [0, 0.05) is 6.04 Å². The van der Waals surface area contributed by atoms with Gasteiger partial charge in [0.15, 0.2) is 11.6 Å². The van der Waals surface area contributed by atoms with E-state index in [1.165, 1.54) is 11.0 Å². The molecule has 1 aliphatic carbocycles. The van der Waals surface area contributed by atoms with Crippen molar-refractivity contribution in [1.82, 2.24) is 30.3 Å². The van der Waals surface area contributed by atoms with Crippen molar-refractivity contribution in [3.63, 3.8) is 0 Å². The van der Waals surface area contributed by atoms with Crippen molar-refractivity contribution in [1.29, 1.82) is 0 Å². The van der Waals surface area contributed by atoms with Crippen molar-refractivity contribution in [3.8, 4) is 5.69 Å². The first-order chi connectivity index (χ1) is 16.2. The van der Waals surface area contributed by atoms with Crippen LogP contribution in [0.3, 0.4) is 0 Å². The maximum Gasteiger partial charge on any atom is 0.404 e. The van der Waals surface area contributed by atoms with Crippen molar-refractivity contribution < 1.29 is 19.1 Å². The van der Waals surface area contributed by atoms with Gasteiger partial charge >= 0.3 is 6.09 Å². The van der Waals surface area contributed by atoms with Crippen LogP contribution in [-0.4, -0.2) is 54.2 Å². The lowest BCUT2D eigenvalue weighted by Gasteiger charge is -2.26. The highest BCUT2D eigenvalue weighted by Crippen LogP contribution is 2.36. The molecule has 0 spiro atoms. The second-order valence-electron chi connectivity index (χ2n) is 8.16. The van der Waals surface area contributed by atoms with Crippen molar-refractivity contribution in [2.75, 3.05) is 10.6 Å². The number of nitrogens with zero attached hydrogens (tertiary/aromatic N) is 5. The van der Waals surface area contributed by atoms with Gasteiger partial charge in [0.1, 0.15) is 11.5 Å². The van der Waals surface area contributed by atoms with E-state index in [9.17, 15) is 14.0 Å². The number of carboxylic acid groups (broad SMARTS) is 1. The normalized spacial score (nSPS) is 14.8. The lowest BCUT2D eigenvalue weighted by Crippen LogP contribution is -2.45. The number of anilines is 3. The average Bonchev–Trinajstić information content (AvgIpc) is 3.52. The first kappa shape index (κ1) is 22.9. The van der Waals surface area contributed by atoms with Crippen LogP contribution in [0.15, 0.2) is 30.7 Å². The van der Waals surface area contributed by atoms with E-state index in [1.807, 2.05) is 0 Å². The predicted molar refractivity (Wildman–Crippen MR) is 121 cm³/mol. The van der Waals surface area contributed by atoms with E-state index in [0.29, 0.717) is 11.4 Å². The molecule has 4 rings (SSSR count). The summed E-state index contributed by atoms with van der Waals surface area (Å²) in [4.78, 5) is 32.9. The average molecular weight is 469 g/mol. The molecule has 0 aliphatic heterocycles. The van der Waals surface area contributed by atoms with E-state index >= 15 is 0 Å². The molecule has 2 atom stereocenters. The van der Waals surface area contributed by atoms with Gasteiger partial charge in [0.25, 0.3) is 5.91 Å². The summed E-state index contributed by atoms with van der Waals surface area (Å²) >= 11 is 0. The van der Waals surface area contributed by atoms with Gasteiger partial charge in [-0.2, -0.15) is 10.2 Å². The zero-order valence-corrected chi connectivity index (χ0v) is 18.5. The zero-order chi connectivity index (χ0) is 24.4.